The number of nitrogens with one attached hydrogen (secondary N) is 2. The maximum atomic E-state index is 13.6. The molecule has 1 aliphatic rings. The van der Waals surface area contributed by atoms with Gasteiger partial charge in [0.25, 0.3) is 5.91 Å². The molecule has 1 fully saturated rings. The van der Waals surface area contributed by atoms with Crippen LogP contribution in [0.1, 0.15) is 18.1 Å². The highest BCUT2D eigenvalue weighted by molar-refractivity contribution is 6.10. The molecular weight excluding hydrogens is 422 g/mol. The summed E-state index contributed by atoms with van der Waals surface area (Å²) >= 11 is 0. The standard InChI is InChI=1S/C20H17F4N3O4/c1-11-3-6-13(9-15(11)21)25-16(28)10-27-17(29)19(2,26-18(27)30)12-4-7-14(8-5-12)31-20(22,23)24/h3-9H,10H2,1-2H3,(H,25,28)(H,26,30). The molecule has 3 rings (SSSR count). The number of nitrogens with zero attached hydrogens (tertiary/aromatic N) is 1. The molecule has 11 heteroatoms. The Hall–Kier alpha value is -3.63. The zero-order valence-electron chi connectivity index (χ0n) is 16.3. The number of ether oxygens (including phenoxy) is 1. The number of alkyl halides is 3. The smallest absolute Gasteiger partial charge is 0.406 e. The van der Waals surface area contributed by atoms with Gasteiger partial charge in [-0.3, -0.25) is 14.5 Å². The summed E-state index contributed by atoms with van der Waals surface area (Å²) in [6.07, 6.45) is -4.87. The molecule has 2 aromatic rings. The van der Waals surface area contributed by atoms with Gasteiger partial charge in [0.15, 0.2) is 0 Å². The number of rotatable bonds is 5. The Morgan fingerprint density at radius 2 is 1.81 bits per heavy atom. The third kappa shape index (κ3) is 4.76. The number of imide groups is 1. The Bertz CT molecular complexity index is 1040. The highest BCUT2D eigenvalue weighted by Crippen LogP contribution is 2.31. The summed E-state index contributed by atoms with van der Waals surface area (Å²) in [6, 6.07) is 7.61. The second-order valence-corrected chi connectivity index (χ2v) is 7.03. The van der Waals surface area contributed by atoms with E-state index >= 15 is 0 Å². The van der Waals surface area contributed by atoms with Crippen molar-refractivity contribution in [1.82, 2.24) is 10.2 Å². The van der Waals surface area contributed by atoms with E-state index in [0.29, 0.717) is 10.5 Å². The van der Waals surface area contributed by atoms with Gasteiger partial charge < -0.3 is 15.4 Å². The summed E-state index contributed by atoms with van der Waals surface area (Å²) in [5.41, 5.74) is -0.856. The molecule has 0 aliphatic carbocycles. The monoisotopic (exact) mass is 439 g/mol. The summed E-state index contributed by atoms with van der Waals surface area (Å²) in [6.45, 7) is 2.28. The van der Waals surface area contributed by atoms with Crippen molar-refractivity contribution in [2.75, 3.05) is 11.9 Å². The maximum Gasteiger partial charge on any atom is 0.573 e. The first-order chi connectivity index (χ1) is 14.4. The first-order valence-corrected chi connectivity index (χ1v) is 8.95. The van der Waals surface area contributed by atoms with E-state index in [9.17, 15) is 31.9 Å². The molecule has 1 heterocycles. The van der Waals surface area contributed by atoms with Crippen molar-refractivity contribution in [1.29, 1.82) is 0 Å². The van der Waals surface area contributed by atoms with E-state index in [1.807, 2.05) is 0 Å². The Morgan fingerprint density at radius 3 is 2.39 bits per heavy atom. The first kappa shape index (κ1) is 22.1. The van der Waals surface area contributed by atoms with Crippen LogP contribution in [-0.2, 0) is 15.1 Å². The van der Waals surface area contributed by atoms with Crippen molar-refractivity contribution in [3.63, 3.8) is 0 Å². The van der Waals surface area contributed by atoms with E-state index in [4.69, 9.17) is 0 Å². The molecule has 2 aromatic carbocycles. The minimum Gasteiger partial charge on any atom is -0.406 e. The molecule has 0 spiro atoms. The number of amides is 4. The summed E-state index contributed by atoms with van der Waals surface area (Å²) in [5, 5.41) is 4.83. The molecule has 4 amide bonds. The van der Waals surface area contributed by atoms with E-state index in [-0.39, 0.29) is 11.3 Å². The van der Waals surface area contributed by atoms with E-state index in [0.717, 1.165) is 18.2 Å². The number of benzene rings is 2. The Kier molecular flexibility index (Phi) is 5.62. The fourth-order valence-corrected chi connectivity index (χ4v) is 3.04. The van der Waals surface area contributed by atoms with Crippen LogP contribution in [0.25, 0.3) is 0 Å². The van der Waals surface area contributed by atoms with Gasteiger partial charge in [0.2, 0.25) is 5.91 Å². The van der Waals surface area contributed by atoms with Gasteiger partial charge in [-0.05, 0) is 49.2 Å². The van der Waals surface area contributed by atoms with Gasteiger partial charge in [0.05, 0.1) is 0 Å². The molecule has 1 saturated heterocycles. The van der Waals surface area contributed by atoms with Crippen molar-refractivity contribution >= 4 is 23.5 Å². The van der Waals surface area contributed by atoms with Crippen LogP contribution in [-0.4, -0.2) is 35.7 Å². The molecule has 1 atom stereocenters. The third-order valence-electron chi connectivity index (χ3n) is 4.70. The van der Waals surface area contributed by atoms with Crippen LogP contribution in [0.4, 0.5) is 28.0 Å². The topological polar surface area (TPSA) is 87.7 Å². The molecule has 0 bridgehead atoms. The zero-order valence-corrected chi connectivity index (χ0v) is 16.3. The quantitative estimate of drug-likeness (QED) is 0.552. The van der Waals surface area contributed by atoms with E-state index in [2.05, 4.69) is 15.4 Å². The lowest BCUT2D eigenvalue weighted by Crippen LogP contribution is -2.42. The van der Waals surface area contributed by atoms with Gasteiger partial charge in [-0.1, -0.05) is 18.2 Å². The largest absolute Gasteiger partial charge is 0.573 e. The SMILES string of the molecule is Cc1ccc(NC(=O)CN2C(=O)NC(C)(c3ccc(OC(F)(F)F)cc3)C2=O)cc1F. The van der Waals surface area contributed by atoms with Crippen molar-refractivity contribution in [2.45, 2.75) is 25.7 Å². The lowest BCUT2D eigenvalue weighted by Gasteiger charge is -2.22. The molecule has 1 unspecified atom stereocenters. The fraction of sp³-hybridized carbons (Fsp3) is 0.250. The number of carbonyl (C=O) groups is 3. The van der Waals surface area contributed by atoms with Gasteiger partial charge in [0.1, 0.15) is 23.7 Å². The highest BCUT2D eigenvalue weighted by atomic mass is 19.4. The van der Waals surface area contributed by atoms with Crippen molar-refractivity contribution in [3.8, 4) is 5.75 Å². The van der Waals surface area contributed by atoms with Crippen LogP contribution in [0.2, 0.25) is 0 Å². The summed E-state index contributed by atoms with van der Waals surface area (Å²) in [7, 11) is 0. The number of hydrogen-bond donors (Lipinski definition) is 2. The molecule has 0 radical (unpaired) electrons. The number of anilines is 1. The predicted molar refractivity (Wildman–Crippen MR) is 100 cm³/mol. The second-order valence-electron chi connectivity index (χ2n) is 7.03. The lowest BCUT2D eigenvalue weighted by molar-refractivity contribution is -0.274. The van der Waals surface area contributed by atoms with Crippen LogP contribution in [0, 0.1) is 12.7 Å². The lowest BCUT2D eigenvalue weighted by atomic mass is 9.92. The number of hydrogen-bond acceptors (Lipinski definition) is 4. The number of aryl methyl sites for hydroxylation is 1. The van der Waals surface area contributed by atoms with Crippen LogP contribution >= 0.6 is 0 Å². The predicted octanol–water partition coefficient (Wildman–Crippen LogP) is 3.44. The molecule has 1 aliphatic heterocycles. The molecule has 31 heavy (non-hydrogen) atoms. The summed E-state index contributed by atoms with van der Waals surface area (Å²) in [5.74, 6) is -2.52. The number of urea groups is 1. The third-order valence-corrected chi connectivity index (χ3v) is 4.70. The fourth-order valence-electron chi connectivity index (χ4n) is 3.04. The maximum absolute atomic E-state index is 13.6. The van der Waals surface area contributed by atoms with Crippen molar-refractivity contribution in [3.05, 3.63) is 59.4 Å². The van der Waals surface area contributed by atoms with E-state index in [1.54, 1.807) is 6.92 Å². The van der Waals surface area contributed by atoms with Gasteiger partial charge in [-0.25, -0.2) is 9.18 Å². The van der Waals surface area contributed by atoms with Crippen molar-refractivity contribution in [2.24, 2.45) is 0 Å². The zero-order chi connectivity index (χ0) is 23.0. The number of carbonyl (C=O) groups excluding carboxylic acids is 3. The average Bonchev–Trinajstić information content (AvgIpc) is 2.88. The molecular formula is C20H17F4N3O4. The Morgan fingerprint density at radius 1 is 1.16 bits per heavy atom. The van der Waals surface area contributed by atoms with Crippen LogP contribution in [0.15, 0.2) is 42.5 Å². The summed E-state index contributed by atoms with van der Waals surface area (Å²) < 4.78 is 54.3. The van der Waals surface area contributed by atoms with E-state index in [1.165, 1.54) is 31.2 Å². The van der Waals surface area contributed by atoms with Crippen LogP contribution in [0.5, 0.6) is 5.75 Å². The Labute approximate surface area is 174 Å². The average molecular weight is 439 g/mol. The molecule has 0 saturated carbocycles. The van der Waals surface area contributed by atoms with Gasteiger partial charge in [0, 0.05) is 5.69 Å². The first-order valence-electron chi connectivity index (χ1n) is 8.95. The Balaban J connectivity index is 1.72. The summed E-state index contributed by atoms with van der Waals surface area (Å²) in [4.78, 5) is 38.0. The van der Waals surface area contributed by atoms with E-state index < -0.39 is 47.9 Å². The second kappa shape index (κ2) is 7.89. The highest BCUT2D eigenvalue weighted by Gasteiger charge is 2.49. The van der Waals surface area contributed by atoms with Crippen molar-refractivity contribution < 1.29 is 36.7 Å². The number of halogens is 4. The minimum absolute atomic E-state index is 0.156. The van der Waals surface area contributed by atoms with Crippen LogP contribution in [0.3, 0.4) is 0 Å². The van der Waals surface area contributed by atoms with Crippen LogP contribution < -0.4 is 15.4 Å². The molecule has 164 valence electrons. The minimum atomic E-state index is -4.87. The van der Waals surface area contributed by atoms with Gasteiger partial charge >= 0.3 is 12.4 Å². The molecule has 7 nitrogen and oxygen atoms in total. The molecule has 0 aromatic heterocycles. The van der Waals surface area contributed by atoms with Gasteiger partial charge in [-0.15, -0.1) is 13.2 Å². The molecule has 2 N–H and O–H groups in total. The van der Waals surface area contributed by atoms with Gasteiger partial charge in [-0.2, -0.15) is 0 Å². The normalized spacial score (nSPS) is 18.7.